The summed E-state index contributed by atoms with van der Waals surface area (Å²) in [6.07, 6.45) is 4.88. The first-order valence-electron chi connectivity index (χ1n) is 7.82. The zero-order valence-corrected chi connectivity index (χ0v) is 13.5. The molecule has 1 atom stereocenters. The first-order chi connectivity index (χ1) is 10.7. The van der Waals surface area contributed by atoms with Gasteiger partial charge in [-0.3, -0.25) is 0 Å². The summed E-state index contributed by atoms with van der Waals surface area (Å²) in [6.45, 7) is 6.02. The summed E-state index contributed by atoms with van der Waals surface area (Å²) in [6, 6.07) is 8.60. The molecule has 0 aliphatic heterocycles. The van der Waals surface area contributed by atoms with Crippen molar-refractivity contribution < 1.29 is 0 Å². The van der Waals surface area contributed by atoms with Crippen LogP contribution in [0.25, 0.3) is 11.0 Å². The van der Waals surface area contributed by atoms with Gasteiger partial charge in [0.2, 0.25) is 0 Å². The molecular formula is C17H23N5. The van der Waals surface area contributed by atoms with Crippen molar-refractivity contribution in [3.63, 3.8) is 0 Å². The monoisotopic (exact) mass is 297 g/mol. The number of fused-ring (bicyclic) bond motifs is 1. The Morgan fingerprint density at radius 1 is 1.23 bits per heavy atom. The highest BCUT2D eigenvalue weighted by Crippen LogP contribution is 2.14. The topological polar surface area (TPSA) is 47.7 Å². The Bertz CT molecular complexity index is 755. The minimum atomic E-state index is 0.360. The summed E-state index contributed by atoms with van der Waals surface area (Å²) in [5.74, 6) is 2.20. The lowest BCUT2D eigenvalue weighted by atomic mass is 10.3. The lowest BCUT2D eigenvalue weighted by Gasteiger charge is -2.15. The SMILES string of the molecule is CCc1nccn1C[C@@H](C)NCc1nc2ccccc2n1C. The molecule has 0 fully saturated rings. The average molecular weight is 297 g/mol. The second-order valence-corrected chi connectivity index (χ2v) is 5.71. The van der Waals surface area contributed by atoms with Crippen molar-refractivity contribution in [2.75, 3.05) is 0 Å². The molecule has 116 valence electrons. The van der Waals surface area contributed by atoms with E-state index < -0.39 is 0 Å². The van der Waals surface area contributed by atoms with E-state index in [4.69, 9.17) is 4.98 Å². The fraction of sp³-hybridized carbons (Fsp3) is 0.412. The molecule has 5 nitrogen and oxygen atoms in total. The maximum atomic E-state index is 4.70. The number of imidazole rings is 2. The molecule has 22 heavy (non-hydrogen) atoms. The van der Waals surface area contributed by atoms with Gasteiger partial charge in [0.25, 0.3) is 0 Å². The molecule has 0 radical (unpaired) electrons. The second kappa shape index (κ2) is 6.32. The van der Waals surface area contributed by atoms with E-state index in [-0.39, 0.29) is 0 Å². The predicted octanol–water partition coefficient (Wildman–Crippen LogP) is 2.51. The molecule has 0 amide bonds. The average Bonchev–Trinajstić information content (AvgIpc) is 3.10. The summed E-state index contributed by atoms with van der Waals surface area (Å²) in [5, 5.41) is 3.56. The molecule has 1 N–H and O–H groups in total. The van der Waals surface area contributed by atoms with E-state index in [1.54, 1.807) is 0 Å². The standard InChI is InChI=1S/C17H23N5/c1-4-16-18-9-10-22(16)12-13(2)19-11-17-20-14-7-5-6-8-15(14)21(17)3/h5-10,13,19H,4,11-12H2,1-3H3/t13-/m1/s1. The third-order valence-corrected chi connectivity index (χ3v) is 4.08. The minimum Gasteiger partial charge on any atom is -0.333 e. The van der Waals surface area contributed by atoms with Gasteiger partial charge in [0, 0.05) is 38.4 Å². The minimum absolute atomic E-state index is 0.360. The Hall–Kier alpha value is -2.14. The van der Waals surface area contributed by atoms with Crippen LogP contribution in [0.2, 0.25) is 0 Å². The molecule has 3 rings (SSSR count). The van der Waals surface area contributed by atoms with E-state index in [9.17, 15) is 0 Å². The van der Waals surface area contributed by atoms with Gasteiger partial charge in [-0.05, 0) is 19.1 Å². The van der Waals surface area contributed by atoms with Gasteiger partial charge in [-0.25, -0.2) is 9.97 Å². The number of para-hydroxylation sites is 2. The van der Waals surface area contributed by atoms with Gasteiger partial charge in [-0.1, -0.05) is 19.1 Å². The molecule has 0 aliphatic rings. The molecule has 3 aromatic rings. The molecular weight excluding hydrogens is 274 g/mol. The lowest BCUT2D eigenvalue weighted by Crippen LogP contribution is -2.31. The zero-order valence-electron chi connectivity index (χ0n) is 13.5. The highest BCUT2D eigenvalue weighted by atomic mass is 15.1. The number of aryl methyl sites for hydroxylation is 2. The predicted molar refractivity (Wildman–Crippen MR) is 88.6 cm³/mol. The quantitative estimate of drug-likeness (QED) is 0.760. The van der Waals surface area contributed by atoms with Crippen LogP contribution in [0.4, 0.5) is 0 Å². The normalized spacial score (nSPS) is 12.9. The van der Waals surface area contributed by atoms with Crippen LogP contribution in [0, 0.1) is 0 Å². The number of hydrogen-bond donors (Lipinski definition) is 1. The van der Waals surface area contributed by atoms with Gasteiger partial charge >= 0.3 is 0 Å². The van der Waals surface area contributed by atoms with E-state index in [1.165, 1.54) is 5.52 Å². The smallest absolute Gasteiger partial charge is 0.123 e. The zero-order chi connectivity index (χ0) is 15.5. The largest absolute Gasteiger partial charge is 0.333 e. The number of nitrogens with zero attached hydrogens (tertiary/aromatic N) is 4. The molecule has 0 saturated carbocycles. The van der Waals surface area contributed by atoms with Gasteiger partial charge in [0.05, 0.1) is 17.6 Å². The van der Waals surface area contributed by atoms with Gasteiger partial charge < -0.3 is 14.5 Å². The Kier molecular flexibility index (Phi) is 4.24. The van der Waals surface area contributed by atoms with Crippen LogP contribution in [0.15, 0.2) is 36.7 Å². The fourth-order valence-electron chi connectivity index (χ4n) is 2.80. The van der Waals surface area contributed by atoms with Crippen molar-refractivity contribution in [3.8, 4) is 0 Å². The Labute approximate surface area is 131 Å². The highest BCUT2D eigenvalue weighted by molar-refractivity contribution is 5.75. The number of benzene rings is 1. The molecule has 0 spiro atoms. The number of aromatic nitrogens is 4. The maximum absolute atomic E-state index is 4.70. The third-order valence-electron chi connectivity index (χ3n) is 4.08. The lowest BCUT2D eigenvalue weighted by molar-refractivity contribution is 0.459. The van der Waals surface area contributed by atoms with Crippen molar-refractivity contribution in [1.82, 2.24) is 24.4 Å². The van der Waals surface area contributed by atoms with Gasteiger partial charge in [-0.15, -0.1) is 0 Å². The number of nitrogens with one attached hydrogen (secondary N) is 1. The highest BCUT2D eigenvalue weighted by Gasteiger charge is 2.10. The summed E-state index contributed by atoms with van der Waals surface area (Å²) < 4.78 is 4.37. The molecule has 0 aliphatic carbocycles. The summed E-state index contributed by atoms with van der Waals surface area (Å²) in [7, 11) is 2.07. The van der Waals surface area contributed by atoms with Crippen molar-refractivity contribution in [2.45, 2.75) is 39.4 Å². The van der Waals surface area contributed by atoms with Crippen molar-refractivity contribution >= 4 is 11.0 Å². The van der Waals surface area contributed by atoms with Gasteiger partial charge in [-0.2, -0.15) is 0 Å². The fourth-order valence-corrected chi connectivity index (χ4v) is 2.80. The Balaban J connectivity index is 1.65. The van der Waals surface area contributed by atoms with E-state index in [2.05, 4.69) is 58.5 Å². The number of hydrogen-bond acceptors (Lipinski definition) is 3. The van der Waals surface area contributed by atoms with Crippen LogP contribution < -0.4 is 5.32 Å². The van der Waals surface area contributed by atoms with E-state index >= 15 is 0 Å². The van der Waals surface area contributed by atoms with Crippen molar-refractivity contribution in [3.05, 3.63) is 48.3 Å². The van der Waals surface area contributed by atoms with E-state index in [1.807, 2.05) is 18.5 Å². The molecule has 2 aromatic heterocycles. The maximum Gasteiger partial charge on any atom is 0.123 e. The van der Waals surface area contributed by atoms with Gasteiger partial charge in [0.15, 0.2) is 0 Å². The van der Waals surface area contributed by atoms with Gasteiger partial charge in [0.1, 0.15) is 11.6 Å². The summed E-state index contributed by atoms with van der Waals surface area (Å²) >= 11 is 0. The van der Waals surface area contributed by atoms with Crippen LogP contribution in [0.3, 0.4) is 0 Å². The molecule has 0 saturated heterocycles. The van der Waals surface area contributed by atoms with Crippen LogP contribution in [0.1, 0.15) is 25.5 Å². The third kappa shape index (κ3) is 2.90. The van der Waals surface area contributed by atoms with Crippen LogP contribution in [-0.2, 0) is 26.6 Å². The number of rotatable bonds is 6. The van der Waals surface area contributed by atoms with Crippen LogP contribution >= 0.6 is 0 Å². The van der Waals surface area contributed by atoms with E-state index in [0.29, 0.717) is 6.04 Å². The second-order valence-electron chi connectivity index (χ2n) is 5.71. The van der Waals surface area contributed by atoms with Crippen LogP contribution in [0.5, 0.6) is 0 Å². The summed E-state index contributed by atoms with van der Waals surface area (Å²) in [5.41, 5.74) is 2.23. The molecule has 2 heterocycles. The molecule has 0 unspecified atom stereocenters. The molecule has 1 aromatic carbocycles. The Morgan fingerprint density at radius 2 is 2.05 bits per heavy atom. The summed E-state index contributed by atoms with van der Waals surface area (Å²) in [4.78, 5) is 9.06. The van der Waals surface area contributed by atoms with Crippen molar-refractivity contribution in [2.24, 2.45) is 7.05 Å². The van der Waals surface area contributed by atoms with Crippen LogP contribution in [-0.4, -0.2) is 25.1 Å². The molecule has 0 bridgehead atoms. The first-order valence-corrected chi connectivity index (χ1v) is 7.82. The van der Waals surface area contributed by atoms with Crippen molar-refractivity contribution in [1.29, 1.82) is 0 Å². The first kappa shape index (κ1) is 14.8. The Morgan fingerprint density at radius 3 is 2.82 bits per heavy atom. The van der Waals surface area contributed by atoms with E-state index in [0.717, 1.165) is 36.7 Å². The molecule has 5 heteroatoms.